The first-order valence-corrected chi connectivity index (χ1v) is 2.71. The third-order valence-electron chi connectivity index (χ3n) is 0.460. The van der Waals surface area contributed by atoms with E-state index in [2.05, 4.69) is 5.32 Å². The molecular weight excluding hydrogens is 116 g/mol. The fourth-order valence-electron chi connectivity index (χ4n) is 0.151. The van der Waals surface area contributed by atoms with Gasteiger partial charge in [-0.05, 0) is 21.1 Å². The maximum Gasteiger partial charge on any atom is 0.249 e. The number of hydrogen-bond donors (Lipinski definition) is 1. The summed E-state index contributed by atoms with van der Waals surface area (Å²) in [6, 6.07) is 0. The van der Waals surface area contributed by atoms with Crippen molar-refractivity contribution in [2.75, 3.05) is 21.1 Å². The van der Waals surface area contributed by atoms with Gasteiger partial charge in [-0.3, -0.25) is 4.79 Å². The van der Waals surface area contributed by atoms with Crippen molar-refractivity contribution < 1.29 is 4.79 Å². The molecule has 0 spiro atoms. The van der Waals surface area contributed by atoms with Gasteiger partial charge in [0, 0.05) is 12.3 Å². The molecule has 3 heteroatoms. The fourth-order valence-corrected chi connectivity index (χ4v) is 0.151. The van der Waals surface area contributed by atoms with Crippen LogP contribution in [0.2, 0.25) is 0 Å². The molecule has 9 heavy (non-hydrogen) atoms. The predicted molar refractivity (Wildman–Crippen MR) is 36.9 cm³/mol. The first kappa shape index (κ1) is 8.17. The molecule has 3 nitrogen and oxygen atoms in total. The molecule has 0 aromatic heterocycles. The molecule has 0 aromatic carbocycles. The van der Waals surface area contributed by atoms with Crippen molar-refractivity contribution in [2.45, 2.75) is 0 Å². The van der Waals surface area contributed by atoms with E-state index in [1.54, 1.807) is 6.20 Å². The van der Waals surface area contributed by atoms with Crippen molar-refractivity contribution in [3.8, 4) is 0 Å². The second-order valence-electron chi connectivity index (χ2n) is 2.18. The Bertz CT molecular complexity index is 115. The molecule has 0 fully saturated rings. The number of nitrogens with zero attached hydrogens (tertiary/aromatic N) is 1. The molecule has 52 valence electrons. The third-order valence-corrected chi connectivity index (χ3v) is 0.460. The minimum atomic E-state index is 0.00463. The Morgan fingerprint density at radius 1 is 1.44 bits per heavy atom. The van der Waals surface area contributed by atoms with E-state index in [0.29, 0.717) is 0 Å². The van der Waals surface area contributed by atoms with Gasteiger partial charge in [0.15, 0.2) is 0 Å². The largest absolute Gasteiger partial charge is 0.329 e. The molecule has 0 radical (unpaired) electrons. The molecule has 1 aliphatic heterocycles. The zero-order valence-corrected chi connectivity index (χ0v) is 6.01. The van der Waals surface area contributed by atoms with Gasteiger partial charge in [-0.25, -0.2) is 0 Å². The Hall–Kier alpha value is -0.830. The molecule has 1 rings (SSSR count). The molecule has 1 aliphatic rings. The lowest BCUT2D eigenvalue weighted by Gasteiger charge is -1.97. The van der Waals surface area contributed by atoms with Gasteiger partial charge in [0.2, 0.25) is 5.91 Å². The van der Waals surface area contributed by atoms with E-state index in [1.807, 2.05) is 26.0 Å². The summed E-state index contributed by atoms with van der Waals surface area (Å²) in [5.41, 5.74) is 0. The average Bonchev–Trinajstić information content (AvgIpc) is 1.59. The molecule has 0 atom stereocenters. The normalized spacial score (nSPS) is 13.6. The minimum absolute atomic E-state index is 0.00463. The van der Waals surface area contributed by atoms with Crippen LogP contribution in [0.5, 0.6) is 0 Å². The standard InChI is InChI=1S/C3H3NO.C3H9N/c5-3-1-2-4-3;1-4(2)3/h1-2H,(H,4,5);1-3H3. The van der Waals surface area contributed by atoms with E-state index in [4.69, 9.17) is 0 Å². The highest BCUT2D eigenvalue weighted by molar-refractivity contribution is 5.93. The molecule has 0 aliphatic carbocycles. The Labute approximate surface area is 55.3 Å². The summed E-state index contributed by atoms with van der Waals surface area (Å²) in [6.07, 6.45) is 3.07. The molecule has 1 N–H and O–H groups in total. The van der Waals surface area contributed by atoms with Crippen molar-refractivity contribution in [3.63, 3.8) is 0 Å². The smallest absolute Gasteiger partial charge is 0.249 e. The Morgan fingerprint density at radius 2 is 1.67 bits per heavy atom. The van der Waals surface area contributed by atoms with Crippen LogP contribution in [0.15, 0.2) is 12.3 Å². The molecule has 1 amide bonds. The zero-order valence-electron chi connectivity index (χ0n) is 6.01. The van der Waals surface area contributed by atoms with Crippen molar-refractivity contribution in [2.24, 2.45) is 0 Å². The summed E-state index contributed by atoms with van der Waals surface area (Å²) >= 11 is 0. The molecule has 1 heterocycles. The van der Waals surface area contributed by atoms with Gasteiger partial charge in [0.05, 0.1) is 0 Å². The van der Waals surface area contributed by atoms with Crippen LogP contribution in [0.3, 0.4) is 0 Å². The summed E-state index contributed by atoms with van der Waals surface area (Å²) < 4.78 is 0. The molecule has 0 saturated heterocycles. The fraction of sp³-hybridized carbons (Fsp3) is 0.500. The van der Waals surface area contributed by atoms with E-state index < -0.39 is 0 Å². The van der Waals surface area contributed by atoms with Gasteiger partial charge >= 0.3 is 0 Å². The zero-order chi connectivity index (χ0) is 7.28. The van der Waals surface area contributed by atoms with E-state index in [1.165, 1.54) is 6.08 Å². The van der Waals surface area contributed by atoms with Crippen molar-refractivity contribution in [1.82, 2.24) is 10.2 Å². The van der Waals surface area contributed by atoms with Crippen molar-refractivity contribution >= 4 is 5.91 Å². The first-order valence-electron chi connectivity index (χ1n) is 2.71. The van der Waals surface area contributed by atoms with Crippen molar-refractivity contribution in [1.29, 1.82) is 0 Å². The number of carbonyl (C=O) groups is 1. The van der Waals surface area contributed by atoms with E-state index >= 15 is 0 Å². The highest BCUT2D eigenvalue weighted by atomic mass is 16.2. The molecule has 0 unspecified atom stereocenters. The van der Waals surface area contributed by atoms with Crippen LogP contribution in [0.25, 0.3) is 0 Å². The summed E-state index contributed by atoms with van der Waals surface area (Å²) in [6.45, 7) is 0. The van der Waals surface area contributed by atoms with Gasteiger partial charge in [-0.1, -0.05) is 0 Å². The number of carbonyl (C=O) groups excluding carboxylic acids is 1. The lowest BCUT2D eigenvalue weighted by Crippen LogP contribution is -2.22. The van der Waals surface area contributed by atoms with Crippen LogP contribution in [-0.4, -0.2) is 32.0 Å². The van der Waals surface area contributed by atoms with Crippen molar-refractivity contribution in [3.05, 3.63) is 12.3 Å². The Balaban J connectivity index is 0.000000148. The molecule has 0 bridgehead atoms. The van der Waals surface area contributed by atoms with Crippen LogP contribution in [0, 0.1) is 0 Å². The average molecular weight is 128 g/mol. The lowest BCUT2D eigenvalue weighted by atomic mass is 10.4. The summed E-state index contributed by atoms with van der Waals surface area (Å²) in [7, 11) is 6.00. The van der Waals surface area contributed by atoms with Crippen LogP contribution >= 0.6 is 0 Å². The van der Waals surface area contributed by atoms with Gasteiger partial charge in [-0.2, -0.15) is 0 Å². The maximum absolute atomic E-state index is 9.70. The Morgan fingerprint density at radius 3 is 1.67 bits per heavy atom. The van der Waals surface area contributed by atoms with Gasteiger partial charge in [0.1, 0.15) is 0 Å². The lowest BCUT2D eigenvalue weighted by molar-refractivity contribution is -0.117. The van der Waals surface area contributed by atoms with Crippen LogP contribution in [-0.2, 0) is 4.79 Å². The maximum atomic E-state index is 9.70. The van der Waals surface area contributed by atoms with Gasteiger partial charge < -0.3 is 10.2 Å². The highest BCUT2D eigenvalue weighted by Gasteiger charge is 1.95. The van der Waals surface area contributed by atoms with Crippen LogP contribution in [0.4, 0.5) is 0 Å². The second kappa shape index (κ2) is 4.09. The molecule has 0 saturated carbocycles. The quantitative estimate of drug-likeness (QED) is 0.490. The van der Waals surface area contributed by atoms with E-state index in [-0.39, 0.29) is 5.91 Å². The minimum Gasteiger partial charge on any atom is -0.329 e. The number of nitrogens with one attached hydrogen (secondary N) is 1. The number of rotatable bonds is 0. The van der Waals surface area contributed by atoms with E-state index in [0.717, 1.165) is 0 Å². The summed E-state index contributed by atoms with van der Waals surface area (Å²) in [5.74, 6) is 0.00463. The van der Waals surface area contributed by atoms with Gasteiger partial charge in [0.25, 0.3) is 0 Å². The topological polar surface area (TPSA) is 32.3 Å². The molecule has 0 aromatic rings. The number of hydrogen-bond acceptors (Lipinski definition) is 2. The molecular formula is C6H12N2O. The third kappa shape index (κ3) is 7.17. The van der Waals surface area contributed by atoms with E-state index in [9.17, 15) is 4.79 Å². The van der Waals surface area contributed by atoms with Crippen LogP contribution in [0.1, 0.15) is 0 Å². The first-order chi connectivity index (χ1) is 4.13. The Kier molecular flexibility index (Phi) is 3.71. The number of amides is 1. The predicted octanol–water partition coefficient (Wildman–Crippen LogP) is -0.192. The monoisotopic (exact) mass is 128 g/mol. The van der Waals surface area contributed by atoms with Crippen LogP contribution < -0.4 is 5.32 Å². The highest BCUT2D eigenvalue weighted by Crippen LogP contribution is 1.78. The van der Waals surface area contributed by atoms with Gasteiger partial charge in [-0.15, -0.1) is 0 Å². The summed E-state index contributed by atoms with van der Waals surface area (Å²) in [5, 5.41) is 2.39. The summed E-state index contributed by atoms with van der Waals surface area (Å²) in [4.78, 5) is 11.7. The second-order valence-corrected chi connectivity index (χ2v) is 2.18. The SMILES string of the molecule is CN(C)C.O=C1C=CN1.